The summed E-state index contributed by atoms with van der Waals surface area (Å²) in [6, 6.07) is 11.2. The molecule has 1 aliphatic heterocycles. The number of unbranched alkanes of at least 4 members (excludes halogenated alkanes) is 1. The van der Waals surface area contributed by atoms with Crippen LogP contribution in [0.1, 0.15) is 75.1 Å². The molecule has 0 saturated carbocycles. The van der Waals surface area contributed by atoms with Gasteiger partial charge in [0.25, 0.3) is 0 Å². The lowest BCUT2D eigenvalue weighted by Gasteiger charge is -2.23. The lowest BCUT2D eigenvalue weighted by atomic mass is 9.81. The molecule has 0 aliphatic carbocycles. The number of ether oxygens (including phenoxy) is 1. The second-order valence-corrected chi connectivity index (χ2v) is 10.5. The van der Waals surface area contributed by atoms with E-state index in [1.807, 2.05) is 44.2 Å². The number of halogens is 3. The number of likely N-dealkylation sites (tertiary alicyclic amines) is 1. The molecule has 2 aromatic carbocycles. The van der Waals surface area contributed by atoms with Crippen molar-refractivity contribution in [1.29, 1.82) is 0 Å². The Morgan fingerprint density at radius 1 is 1.00 bits per heavy atom. The molecule has 4 rings (SSSR count). The van der Waals surface area contributed by atoms with E-state index in [2.05, 4.69) is 0 Å². The van der Waals surface area contributed by atoms with Crippen molar-refractivity contribution in [1.82, 2.24) is 4.90 Å². The van der Waals surface area contributed by atoms with Gasteiger partial charge in [0.15, 0.2) is 0 Å². The summed E-state index contributed by atoms with van der Waals surface area (Å²) in [5.41, 5.74) is -1.16. The SMILES string of the molecule is CCCc1cc2c(C(F)(F)F)cc(=O)oc2c(CCC)c1OCCCCN1C(=O)CC(C)(c2ccccc2)C1=O. The normalized spacial score (nSPS) is 17.7. The number of hydrogen-bond donors (Lipinski definition) is 0. The van der Waals surface area contributed by atoms with Crippen LogP contribution >= 0.6 is 0 Å². The molecular formula is C31H34F3NO5. The lowest BCUT2D eigenvalue weighted by Crippen LogP contribution is -2.37. The average Bonchev–Trinajstić information content (AvgIpc) is 3.13. The number of imide groups is 1. The lowest BCUT2D eigenvalue weighted by molar-refractivity contribution is -0.140. The zero-order chi connectivity index (χ0) is 29.1. The van der Waals surface area contributed by atoms with E-state index in [9.17, 15) is 27.6 Å². The Hall–Kier alpha value is -3.62. The van der Waals surface area contributed by atoms with Gasteiger partial charge in [-0.05, 0) is 49.8 Å². The minimum Gasteiger partial charge on any atom is -0.493 e. The van der Waals surface area contributed by atoms with E-state index >= 15 is 0 Å². The first-order valence-corrected chi connectivity index (χ1v) is 13.7. The highest BCUT2D eigenvalue weighted by Crippen LogP contribution is 2.40. The third kappa shape index (κ3) is 5.78. The standard InChI is InChI=1S/C31H34F3NO5/c1-4-11-20-17-23-24(31(32,33)34)18-26(37)40-28(23)22(12-5-2)27(20)39-16-10-9-15-35-25(36)19-30(3,29(35)38)21-13-7-6-8-14-21/h6-8,13-14,17-18H,4-5,9-12,15-16,19H2,1-3H3. The topological polar surface area (TPSA) is 76.8 Å². The molecule has 1 aliphatic rings. The minimum absolute atomic E-state index is 0.0926. The fraction of sp³-hybridized carbons (Fsp3) is 0.452. The fourth-order valence-corrected chi connectivity index (χ4v) is 5.44. The number of amides is 2. The molecule has 2 amide bonds. The maximum atomic E-state index is 13.8. The van der Waals surface area contributed by atoms with Gasteiger partial charge in [0, 0.05) is 30.0 Å². The Balaban J connectivity index is 1.51. The zero-order valence-electron chi connectivity index (χ0n) is 23.0. The largest absolute Gasteiger partial charge is 0.493 e. The Morgan fingerprint density at radius 2 is 1.70 bits per heavy atom. The average molecular weight is 558 g/mol. The highest BCUT2D eigenvalue weighted by atomic mass is 19.4. The van der Waals surface area contributed by atoms with Gasteiger partial charge in [-0.3, -0.25) is 14.5 Å². The Labute approximate surface area is 231 Å². The van der Waals surface area contributed by atoms with Crippen molar-refractivity contribution in [2.75, 3.05) is 13.2 Å². The maximum absolute atomic E-state index is 13.8. The van der Waals surface area contributed by atoms with Crippen molar-refractivity contribution in [3.05, 3.63) is 75.1 Å². The van der Waals surface area contributed by atoms with Crippen molar-refractivity contribution >= 4 is 22.8 Å². The quantitative estimate of drug-likeness (QED) is 0.151. The molecule has 0 radical (unpaired) electrons. The summed E-state index contributed by atoms with van der Waals surface area (Å²) in [5, 5.41) is -0.140. The van der Waals surface area contributed by atoms with Crippen molar-refractivity contribution < 1.29 is 31.9 Å². The van der Waals surface area contributed by atoms with Crippen LogP contribution in [0.2, 0.25) is 0 Å². The first kappa shape index (κ1) is 29.4. The molecule has 9 heteroatoms. The van der Waals surface area contributed by atoms with Gasteiger partial charge in [0.05, 0.1) is 17.6 Å². The van der Waals surface area contributed by atoms with Gasteiger partial charge < -0.3 is 9.15 Å². The van der Waals surface area contributed by atoms with E-state index in [0.29, 0.717) is 61.5 Å². The van der Waals surface area contributed by atoms with Gasteiger partial charge in [-0.1, -0.05) is 57.0 Å². The minimum atomic E-state index is -4.70. The van der Waals surface area contributed by atoms with Crippen LogP contribution in [0, 0.1) is 0 Å². The number of fused-ring (bicyclic) bond motifs is 1. The summed E-state index contributed by atoms with van der Waals surface area (Å²) < 4.78 is 52.8. The second kappa shape index (κ2) is 11.9. The molecule has 0 N–H and O–H groups in total. The van der Waals surface area contributed by atoms with Crippen molar-refractivity contribution in [2.24, 2.45) is 0 Å². The van der Waals surface area contributed by atoms with Crippen LogP contribution in [-0.4, -0.2) is 29.9 Å². The molecule has 6 nitrogen and oxygen atoms in total. The summed E-state index contributed by atoms with van der Waals surface area (Å²) in [7, 11) is 0. The van der Waals surface area contributed by atoms with Crippen LogP contribution in [0.15, 0.2) is 51.7 Å². The van der Waals surface area contributed by atoms with Gasteiger partial charge in [-0.15, -0.1) is 0 Å². The van der Waals surface area contributed by atoms with E-state index in [1.165, 1.54) is 11.0 Å². The molecule has 1 fully saturated rings. The third-order valence-corrected chi connectivity index (χ3v) is 7.44. The van der Waals surface area contributed by atoms with Crippen LogP contribution in [0.3, 0.4) is 0 Å². The zero-order valence-corrected chi connectivity index (χ0v) is 23.0. The van der Waals surface area contributed by atoms with Crippen LogP contribution < -0.4 is 10.4 Å². The van der Waals surface area contributed by atoms with Crippen molar-refractivity contribution in [3.8, 4) is 5.75 Å². The van der Waals surface area contributed by atoms with E-state index in [1.54, 1.807) is 6.92 Å². The summed E-state index contributed by atoms with van der Waals surface area (Å²) >= 11 is 0. The molecular weight excluding hydrogens is 523 g/mol. The van der Waals surface area contributed by atoms with Crippen LogP contribution in [0.4, 0.5) is 13.2 Å². The number of hydrogen-bond acceptors (Lipinski definition) is 5. The number of carbonyl (C=O) groups excluding carboxylic acids is 2. The van der Waals surface area contributed by atoms with Crippen LogP contribution in [0.25, 0.3) is 11.0 Å². The van der Waals surface area contributed by atoms with Crippen LogP contribution in [0.5, 0.6) is 5.75 Å². The fourth-order valence-electron chi connectivity index (χ4n) is 5.44. The molecule has 1 saturated heterocycles. The van der Waals surface area contributed by atoms with Gasteiger partial charge in [-0.2, -0.15) is 13.2 Å². The van der Waals surface area contributed by atoms with Crippen molar-refractivity contribution in [2.45, 2.75) is 77.3 Å². The van der Waals surface area contributed by atoms with Gasteiger partial charge >= 0.3 is 11.8 Å². The first-order chi connectivity index (χ1) is 19.0. The number of nitrogens with zero attached hydrogens (tertiary/aromatic N) is 1. The maximum Gasteiger partial charge on any atom is 0.417 e. The molecule has 1 aromatic heterocycles. The summed E-state index contributed by atoms with van der Waals surface area (Å²) in [6.07, 6.45) is -1.39. The van der Waals surface area contributed by atoms with E-state index < -0.39 is 22.8 Å². The molecule has 214 valence electrons. The molecule has 0 bridgehead atoms. The first-order valence-electron chi connectivity index (χ1n) is 13.7. The number of rotatable bonds is 11. The number of alkyl halides is 3. The van der Waals surface area contributed by atoms with Crippen molar-refractivity contribution in [3.63, 3.8) is 0 Å². The molecule has 2 heterocycles. The monoisotopic (exact) mass is 557 g/mol. The van der Waals surface area contributed by atoms with Gasteiger partial charge in [0.2, 0.25) is 11.8 Å². The second-order valence-electron chi connectivity index (χ2n) is 10.5. The molecule has 1 atom stereocenters. The van der Waals surface area contributed by atoms with E-state index in [4.69, 9.17) is 9.15 Å². The van der Waals surface area contributed by atoms with E-state index in [0.717, 1.165) is 5.56 Å². The third-order valence-electron chi connectivity index (χ3n) is 7.44. The number of carbonyl (C=O) groups is 2. The number of aryl methyl sites for hydroxylation is 2. The summed E-state index contributed by atoms with van der Waals surface area (Å²) in [4.78, 5) is 39.2. The summed E-state index contributed by atoms with van der Waals surface area (Å²) in [5.74, 6) is 0.0199. The van der Waals surface area contributed by atoms with E-state index in [-0.39, 0.29) is 42.4 Å². The molecule has 1 unspecified atom stereocenters. The van der Waals surface area contributed by atoms with Gasteiger partial charge in [0.1, 0.15) is 11.3 Å². The number of benzene rings is 2. The highest BCUT2D eigenvalue weighted by molar-refractivity contribution is 6.08. The highest BCUT2D eigenvalue weighted by Gasteiger charge is 2.48. The predicted molar refractivity (Wildman–Crippen MR) is 145 cm³/mol. The predicted octanol–water partition coefficient (Wildman–Crippen LogP) is 6.59. The summed E-state index contributed by atoms with van der Waals surface area (Å²) in [6.45, 7) is 6.10. The van der Waals surface area contributed by atoms with Crippen LogP contribution in [-0.2, 0) is 34.0 Å². The smallest absolute Gasteiger partial charge is 0.417 e. The molecule has 40 heavy (non-hydrogen) atoms. The molecule has 3 aromatic rings. The Bertz CT molecular complexity index is 1450. The molecule has 0 spiro atoms. The Morgan fingerprint density at radius 3 is 2.35 bits per heavy atom. The van der Waals surface area contributed by atoms with Gasteiger partial charge in [-0.25, -0.2) is 4.79 Å². The Kier molecular flexibility index (Phi) is 8.71.